The Hall–Kier alpha value is -1.58. The monoisotopic (exact) mass is 249 g/mol. The van der Waals surface area contributed by atoms with Gasteiger partial charge in [-0.25, -0.2) is 4.39 Å². The maximum Gasteiger partial charge on any atom is 0.255 e. The number of phenolic OH excluding ortho intramolecular Hbond substituents is 1. The molecule has 0 spiro atoms. The minimum Gasteiger partial charge on any atom is -0.507 e. The van der Waals surface area contributed by atoms with Crippen LogP contribution in [0.3, 0.4) is 0 Å². The smallest absolute Gasteiger partial charge is 0.255 e. The van der Waals surface area contributed by atoms with Gasteiger partial charge in [0, 0.05) is 6.04 Å². The van der Waals surface area contributed by atoms with E-state index in [0.29, 0.717) is 5.92 Å². The molecule has 3 unspecified atom stereocenters. The van der Waals surface area contributed by atoms with E-state index in [1.54, 1.807) is 0 Å². The largest absolute Gasteiger partial charge is 0.507 e. The summed E-state index contributed by atoms with van der Waals surface area (Å²) in [6.07, 6.45) is 4.65. The summed E-state index contributed by atoms with van der Waals surface area (Å²) >= 11 is 0. The first-order valence-corrected chi connectivity index (χ1v) is 6.43. The van der Waals surface area contributed by atoms with Crippen LogP contribution in [-0.4, -0.2) is 17.1 Å². The van der Waals surface area contributed by atoms with Gasteiger partial charge in [0.2, 0.25) is 0 Å². The van der Waals surface area contributed by atoms with Crippen LogP contribution in [0.4, 0.5) is 4.39 Å². The van der Waals surface area contributed by atoms with Crippen molar-refractivity contribution < 1.29 is 14.3 Å². The lowest BCUT2D eigenvalue weighted by Crippen LogP contribution is -2.38. The van der Waals surface area contributed by atoms with Gasteiger partial charge in [-0.15, -0.1) is 0 Å². The summed E-state index contributed by atoms with van der Waals surface area (Å²) in [7, 11) is 0. The number of halogens is 1. The van der Waals surface area contributed by atoms with Crippen molar-refractivity contribution in [3.63, 3.8) is 0 Å². The van der Waals surface area contributed by atoms with E-state index < -0.39 is 5.82 Å². The molecule has 1 amide bonds. The second-order valence-electron chi connectivity index (χ2n) is 5.42. The maximum absolute atomic E-state index is 13.1. The van der Waals surface area contributed by atoms with Crippen LogP contribution in [0, 0.1) is 17.7 Å². The van der Waals surface area contributed by atoms with Crippen molar-refractivity contribution in [3.05, 3.63) is 29.6 Å². The van der Waals surface area contributed by atoms with Gasteiger partial charge in [0.1, 0.15) is 11.6 Å². The van der Waals surface area contributed by atoms with Gasteiger partial charge < -0.3 is 10.4 Å². The zero-order valence-electron chi connectivity index (χ0n) is 10.0. The number of fused-ring (bicyclic) bond motifs is 2. The molecule has 3 nitrogen and oxygen atoms in total. The molecule has 18 heavy (non-hydrogen) atoms. The highest BCUT2D eigenvalue weighted by atomic mass is 19.1. The Labute approximate surface area is 105 Å². The molecule has 2 bridgehead atoms. The minimum absolute atomic E-state index is 0.0257. The van der Waals surface area contributed by atoms with Gasteiger partial charge in [0.15, 0.2) is 0 Å². The molecule has 0 radical (unpaired) electrons. The number of aromatic hydroxyl groups is 1. The van der Waals surface area contributed by atoms with Gasteiger partial charge in [-0.1, -0.05) is 6.42 Å². The van der Waals surface area contributed by atoms with Crippen molar-refractivity contribution in [2.24, 2.45) is 11.8 Å². The molecule has 2 saturated carbocycles. The van der Waals surface area contributed by atoms with Crippen LogP contribution < -0.4 is 5.32 Å². The summed E-state index contributed by atoms with van der Waals surface area (Å²) in [4.78, 5) is 12.0. The molecule has 2 N–H and O–H groups in total. The lowest BCUT2D eigenvalue weighted by Gasteiger charge is -2.23. The van der Waals surface area contributed by atoms with Crippen LogP contribution in [-0.2, 0) is 0 Å². The zero-order valence-corrected chi connectivity index (χ0v) is 10.0. The van der Waals surface area contributed by atoms with Gasteiger partial charge in [0.05, 0.1) is 5.56 Å². The normalized spacial score (nSPS) is 29.5. The Kier molecular flexibility index (Phi) is 2.73. The summed E-state index contributed by atoms with van der Waals surface area (Å²) < 4.78 is 13.1. The van der Waals surface area contributed by atoms with Gasteiger partial charge in [-0.2, -0.15) is 0 Å². The van der Waals surface area contributed by atoms with Crippen molar-refractivity contribution in [1.82, 2.24) is 5.32 Å². The molecule has 1 aromatic carbocycles. The number of amides is 1. The van der Waals surface area contributed by atoms with Crippen LogP contribution in [0.2, 0.25) is 0 Å². The second kappa shape index (κ2) is 4.26. The number of nitrogens with one attached hydrogen (secondary N) is 1. The van der Waals surface area contributed by atoms with E-state index in [1.165, 1.54) is 25.3 Å². The molecule has 0 aliphatic heterocycles. The lowest BCUT2D eigenvalue weighted by molar-refractivity contribution is 0.0919. The number of carbonyl (C=O) groups is 1. The first kappa shape index (κ1) is 11.5. The fourth-order valence-electron chi connectivity index (χ4n) is 3.36. The first-order chi connectivity index (χ1) is 8.63. The zero-order chi connectivity index (χ0) is 12.7. The average molecular weight is 249 g/mol. The third-order valence-electron chi connectivity index (χ3n) is 4.26. The Balaban J connectivity index is 1.73. The van der Waals surface area contributed by atoms with Gasteiger partial charge in [0.25, 0.3) is 5.91 Å². The van der Waals surface area contributed by atoms with E-state index in [1.807, 2.05) is 0 Å². The molecule has 96 valence electrons. The molecule has 2 aliphatic carbocycles. The summed E-state index contributed by atoms with van der Waals surface area (Å²) in [6.45, 7) is 0. The SMILES string of the molecule is O=C(NC1CC2CCC1C2)c1cc(F)ccc1O. The van der Waals surface area contributed by atoms with E-state index in [9.17, 15) is 14.3 Å². The Morgan fingerprint density at radius 3 is 2.83 bits per heavy atom. The highest BCUT2D eigenvalue weighted by molar-refractivity contribution is 5.97. The highest BCUT2D eigenvalue weighted by Gasteiger charge is 2.40. The van der Waals surface area contributed by atoms with Crippen molar-refractivity contribution in [3.8, 4) is 5.75 Å². The van der Waals surface area contributed by atoms with E-state index in [0.717, 1.165) is 24.5 Å². The second-order valence-corrected chi connectivity index (χ2v) is 5.42. The van der Waals surface area contributed by atoms with Crippen LogP contribution in [0.1, 0.15) is 36.0 Å². The van der Waals surface area contributed by atoms with E-state index in [4.69, 9.17) is 0 Å². The van der Waals surface area contributed by atoms with E-state index in [2.05, 4.69) is 5.32 Å². The molecule has 3 rings (SSSR count). The summed E-state index contributed by atoms with van der Waals surface area (Å²) in [6, 6.07) is 3.63. The first-order valence-electron chi connectivity index (χ1n) is 6.43. The Morgan fingerprint density at radius 2 is 2.17 bits per heavy atom. The minimum atomic E-state index is -0.508. The predicted molar refractivity (Wildman–Crippen MR) is 64.8 cm³/mol. The molecular weight excluding hydrogens is 233 g/mol. The molecule has 0 saturated heterocycles. The van der Waals surface area contributed by atoms with Crippen LogP contribution >= 0.6 is 0 Å². The Morgan fingerprint density at radius 1 is 1.33 bits per heavy atom. The number of hydrogen-bond donors (Lipinski definition) is 2. The third-order valence-corrected chi connectivity index (χ3v) is 4.26. The molecule has 4 heteroatoms. The van der Waals surface area contributed by atoms with Crippen molar-refractivity contribution in [1.29, 1.82) is 0 Å². The molecular formula is C14H16FNO2. The number of benzene rings is 1. The fourth-order valence-corrected chi connectivity index (χ4v) is 3.36. The number of carbonyl (C=O) groups excluding carboxylic acids is 1. The van der Waals surface area contributed by atoms with Gasteiger partial charge in [-0.3, -0.25) is 4.79 Å². The number of phenols is 1. The average Bonchev–Trinajstić information content (AvgIpc) is 2.94. The number of rotatable bonds is 2. The van der Waals surface area contributed by atoms with Crippen molar-refractivity contribution in [2.45, 2.75) is 31.7 Å². The van der Waals surface area contributed by atoms with Crippen molar-refractivity contribution >= 4 is 5.91 Å². The summed E-state index contributed by atoms with van der Waals surface area (Å²) in [5.41, 5.74) is 0.0257. The molecule has 0 heterocycles. The number of hydrogen-bond acceptors (Lipinski definition) is 2. The van der Waals surface area contributed by atoms with E-state index >= 15 is 0 Å². The molecule has 3 atom stereocenters. The fraction of sp³-hybridized carbons (Fsp3) is 0.500. The van der Waals surface area contributed by atoms with Crippen LogP contribution in [0.5, 0.6) is 5.75 Å². The topological polar surface area (TPSA) is 49.3 Å². The summed E-state index contributed by atoms with van der Waals surface area (Å²) in [5.74, 6) is 0.253. The highest BCUT2D eigenvalue weighted by Crippen LogP contribution is 2.44. The van der Waals surface area contributed by atoms with Crippen molar-refractivity contribution in [2.75, 3.05) is 0 Å². The summed E-state index contributed by atoms with van der Waals surface area (Å²) in [5, 5.41) is 12.5. The molecule has 2 aliphatic rings. The van der Waals surface area contributed by atoms with Gasteiger partial charge in [-0.05, 0) is 49.3 Å². The molecule has 1 aromatic rings. The standard InChI is InChI=1S/C14H16FNO2/c15-10-3-4-13(17)11(7-10)14(18)16-12-6-8-1-2-9(12)5-8/h3-4,7-9,12,17H,1-2,5-6H2,(H,16,18). The van der Waals surface area contributed by atoms with E-state index in [-0.39, 0.29) is 23.3 Å². The molecule has 2 fully saturated rings. The predicted octanol–water partition coefficient (Wildman–Crippen LogP) is 2.45. The van der Waals surface area contributed by atoms with Crippen LogP contribution in [0.15, 0.2) is 18.2 Å². The third kappa shape index (κ3) is 1.96. The molecule has 0 aromatic heterocycles. The van der Waals surface area contributed by atoms with Crippen LogP contribution in [0.25, 0.3) is 0 Å². The lowest BCUT2D eigenvalue weighted by atomic mass is 9.95. The Bertz CT molecular complexity index is 489. The quantitative estimate of drug-likeness (QED) is 0.845. The maximum atomic E-state index is 13.1. The van der Waals surface area contributed by atoms with Gasteiger partial charge >= 0.3 is 0 Å².